The Hall–Kier alpha value is -3.20. The number of anilines is 1. The van der Waals surface area contributed by atoms with E-state index < -0.39 is 17.6 Å². The van der Waals surface area contributed by atoms with E-state index in [9.17, 15) is 18.5 Å². The Labute approximate surface area is 176 Å². The highest BCUT2D eigenvalue weighted by Crippen LogP contribution is 2.32. The highest BCUT2D eigenvalue weighted by molar-refractivity contribution is 6.39. The molecule has 2 aromatic carbocycles. The van der Waals surface area contributed by atoms with Crippen LogP contribution < -0.4 is 16.4 Å². The summed E-state index contributed by atoms with van der Waals surface area (Å²) in [5.74, 6) is -2.63. The van der Waals surface area contributed by atoms with Gasteiger partial charge in [-0.1, -0.05) is 34.3 Å². The van der Waals surface area contributed by atoms with Gasteiger partial charge in [0.05, 0.1) is 17.6 Å². The van der Waals surface area contributed by atoms with Gasteiger partial charge in [-0.3, -0.25) is 9.59 Å². The molecule has 10 heteroatoms. The Morgan fingerprint density at radius 1 is 1.27 bits per heavy atom. The standard InChI is InChI=1S/C20H20ClF2N5O2/c1-28(23)20(24)25-10-11-2-5-14-12(8-11)3-7-17(14)27-19(30)18(29)26-13-4-6-15(21)16(22)9-13/h2,4-6,8-9,17H,3,7,10H2,1H3,(H2,24,25)(H,26,29)(H,27,30). The maximum absolute atomic E-state index is 13.5. The van der Waals surface area contributed by atoms with Crippen molar-refractivity contribution >= 4 is 35.1 Å². The first-order valence-corrected chi connectivity index (χ1v) is 9.50. The number of rotatable bonds is 4. The lowest BCUT2D eigenvalue weighted by Gasteiger charge is -2.14. The number of benzene rings is 2. The number of hydrogen-bond donors (Lipinski definition) is 3. The van der Waals surface area contributed by atoms with Crippen LogP contribution in [0.4, 0.5) is 14.6 Å². The predicted octanol–water partition coefficient (Wildman–Crippen LogP) is 2.85. The molecular weight excluding hydrogens is 416 g/mol. The Kier molecular flexibility index (Phi) is 6.51. The second-order valence-electron chi connectivity index (χ2n) is 6.83. The molecule has 0 bridgehead atoms. The van der Waals surface area contributed by atoms with E-state index in [1.165, 1.54) is 12.1 Å². The second-order valence-corrected chi connectivity index (χ2v) is 7.24. The van der Waals surface area contributed by atoms with Crippen LogP contribution in [0.2, 0.25) is 5.02 Å². The summed E-state index contributed by atoms with van der Waals surface area (Å²) >= 11 is 5.60. The molecule has 0 saturated carbocycles. The van der Waals surface area contributed by atoms with Crippen LogP contribution in [0.15, 0.2) is 41.4 Å². The Morgan fingerprint density at radius 2 is 2.03 bits per heavy atom. The fourth-order valence-corrected chi connectivity index (χ4v) is 3.29. The van der Waals surface area contributed by atoms with Crippen LogP contribution in [-0.2, 0) is 22.6 Å². The second kappa shape index (κ2) is 9.08. The van der Waals surface area contributed by atoms with Gasteiger partial charge in [0.25, 0.3) is 0 Å². The zero-order valence-electron chi connectivity index (χ0n) is 16.1. The van der Waals surface area contributed by atoms with Crippen LogP contribution in [0.25, 0.3) is 0 Å². The van der Waals surface area contributed by atoms with Gasteiger partial charge in [0, 0.05) is 12.7 Å². The lowest BCUT2D eigenvalue weighted by molar-refractivity contribution is -0.136. The van der Waals surface area contributed by atoms with Crippen molar-refractivity contribution in [2.75, 3.05) is 12.4 Å². The first-order chi connectivity index (χ1) is 14.2. The van der Waals surface area contributed by atoms with Crippen molar-refractivity contribution in [2.45, 2.75) is 25.4 Å². The minimum absolute atomic E-state index is 0.0792. The van der Waals surface area contributed by atoms with Crippen LogP contribution in [0.1, 0.15) is 29.2 Å². The summed E-state index contributed by atoms with van der Waals surface area (Å²) in [6.45, 7) is 0.227. The number of hydrogen-bond acceptors (Lipinski definition) is 3. The molecule has 4 N–H and O–H groups in total. The van der Waals surface area contributed by atoms with Gasteiger partial charge >= 0.3 is 11.8 Å². The molecule has 1 aliphatic carbocycles. The molecule has 1 aliphatic rings. The van der Waals surface area contributed by atoms with Gasteiger partial charge in [-0.15, -0.1) is 0 Å². The summed E-state index contributed by atoms with van der Waals surface area (Å²) < 4.78 is 26.4. The number of nitrogens with zero attached hydrogens (tertiary/aromatic N) is 2. The van der Waals surface area contributed by atoms with Gasteiger partial charge in [-0.25, -0.2) is 9.38 Å². The Morgan fingerprint density at radius 3 is 2.73 bits per heavy atom. The minimum Gasteiger partial charge on any atom is -0.368 e. The average molecular weight is 436 g/mol. The normalized spacial score (nSPS) is 15.5. The molecule has 0 fully saturated rings. The SMILES string of the molecule is CN(F)C(N)=NCc1ccc2c(c1)CCC2NC(=O)C(=O)Nc1ccc(Cl)c(F)c1. The van der Waals surface area contributed by atoms with Crippen LogP contribution >= 0.6 is 11.6 Å². The smallest absolute Gasteiger partial charge is 0.313 e. The lowest BCUT2D eigenvalue weighted by Crippen LogP contribution is -2.37. The van der Waals surface area contributed by atoms with E-state index in [-0.39, 0.29) is 34.4 Å². The third kappa shape index (κ3) is 5.04. The van der Waals surface area contributed by atoms with Gasteiger partial charge in [0.15, 0.2) is 0 Å². The molecule has 0 spiro atoms. The molecule has 3 rings (SSSR count). The number of nitrogens with one attached hydrogen (secondary N) is 2. The highest BCUT2D eigenvalue weighted by Gasteiger charge is 2.26. The van der Waals surface area contributed by atoms with Crippen molar-refractivity contribution in [3.05, 3.63) is 63.9 Å². The van der Waals surface area contributed by atoms with E-state index in [1.54, 1.807) is 0 Å². The number of aliphatic imine (C=N–C) groups is 1. The molecule has 0 heterocycles. The van der Waals surface area contributed by atoms with Crippen LogP contribution in [0.3, 0.4) is 0 Å². The largest absolute Gasteiger partial charge is 0.368 e. The third-order valence-corrected chi connectivity index (χ3v) is 5.02. The van der Waals surface area contributed by atoms with Gasteiger partial charge in [-0.05, 0) is 47.7 Å². The monoisotopic (exact) mass is 435 g/mol. The fraction of sp³-hybridized carbons (Fsp3) is 0.250. The van der Waals surface area contributed by atoms with E-state index in [0.29, 0.717) is 12.8 Å². The van der Waals surface area contributed by atoms with Crippen molar-refractivity contribution in [1.29, 1.82) is 0 Å². The minimum atomic E-state index is -0.901. The fourth-order valence-electron chi connectivity index (χ4n) is 3.17. The summed E-state index contributed by atoms with van der Waals surface area (Å²) in [6, 6.07) is 8.99. The van der Waals surface area contributed by atoms with Crippen LogP contribution in [0.5, 0.6) is 0 Å². The van der Waals surface area contributed by atoms with Crippen molar-refractivity contribution in [3.63, 3.8) is 0 Å². The molecule has 0 aliphatic heterocycles. The van der Waals surface area contributed by atoms with Gasteiger partial charge in [0.1, 0.15) is 5.82 Å². The van der Waals surface area contributed by atoms with Crippen molar-refractivity contribution in [3.8, 4) is 0 Å². The van der Waals surface area contributed by atoms with E-state index in [1.807, 2.05) is 18.2 Å². The van der Waals surface area contributed by atoms with E-state index in [4.69, 9.17) is 17.3 Å². The molecule has 1 atom stereocenters. The quantitative estimate of drug-likeness (QED) is 0.297. The number of fused-ring (bicyclic) bond motifs is 1. The first-order valence-electron chi connectivity index (χ1n) is 9.12. The van der Waals surface area contributed by atoms with Gasteiger partial charge < -0.3 is 16.4 Å². The first kappa shape index (κ1) is 21.5. The van der Waals surface area contributed by atoms with Gasteiger partial charge in [0.2, 0.25) is 5.96 Å². The summed E-state index contributed by atoms with van der Waals surface area (Å²) in [5, 5.41) is 5.19. The maximum Gasteiger partial charge on any atom is 0.313 e. The van der Waals surface area contributed by atoms with E-state index in [2.05, 4.69) is 15.6 Å². The van der Waals surface area contributed by atoms with Crippen molar-refractivity contribution in [1.82, 2.24) is 10.4 Å². The maximum atomic E-state index is 13.5. The van der Waals surface area contributed by atoms with Crippen molar-refractivity contribution in [2.24, 2.45) is 10.7 Å². The highest BCUT2D eigenvalue weighted by atomic mass is 35.5. The van der Waals surface area contributed by atoms with Crippen LogP contribution in [-0.4, -0.2) is 29.9 Å². The Balaban J connectivity index is 1.62. The Bertz CT molecular complexity index is 1010. The summed E-state index contributed by atoms with van der Waals surface area (Å²) in [4.78, 5) is 28.3. The number of carbonyl (C=O) groups is 2. The summed E-state index contributed by atoms with van der Waals surface area (Å²) in [6.07, 6.45) is 1.34. The topological polar surface area (TPSA) is 99.8 Å². The number of carbonyl (C=O) groups excluding carboxylic acids is 2. The summed E-state index contributed by atoms with van der Waals surface area (Å²) in [5.41, 5.74) is 8.34. The molecular formula is C20H20ClF2N5O2. The zero-order chi connectivity index (χ0) is 21.8. The predicted molar refractivity (Wildman–Crippen MR) is 110 cm³/mol. The van der Waals surface area contributed by atoms with E-state index in [0.717, 1.165) is 29.8 Å². The number of guanidine groups is 1. The number of nitrogens with two attached hydrogens (primary N) is 1. The molecule has 30 heavy (non-hydrogen) atoms. The molecule has 7 nitrogen and oxygen atoms in total. The molecule has 2 aromatic rings. The molecule has 158 valence electrons. The van der Waals surface area contributed by atoms with E-state index >= 15 is 0 Å². The van der Waals surface area contributed by atoms with Crippen molar-refractivity contribution < 1.29 is 18.5 Å². The summed E-state index contributed by atoms with van der Waals surface area (Å²) in [7, 11) is 1.16. The number of aryl methyl sites for hydroxylation is 1. The molecule has 1 unspecified atom stereocenters. The molecule has 0 aromatic heterocycles. The molecule has 2 amide bonds. The zero-order valence-corrected chi connectivity index (χ0v) is 16.8. The average Bonchev–Trinajstić information content (AvgIpc) is 3.10. The molecule has 0 radical (unpaired) electrons. The number of halogens is 3. The van der Waals surface area contributed by atoms with Gasteiger partial charge in [-0.2, -0.15) is 5.12 Å². The molecule has 0 saturated heterocycles. The number of amides is 2. The lowest BCUT2D eigenvalue weighted by atomic mass is 10.0. The third-order valence-electron chi connectivity index (χ3n) is 4.71. The van der Waals surface area contributed by atoms with Crippen LogP contribution in [0, 0.1) is 5.82 Å².